The lowest BCUT2D eigenvalue weighted by molar-refractivity contribution is 0.0859. The second-order valence-electron chi connectivity index (χ2n) is 4.15. The van der Waals surface area contributed by atoms with Crippen molar-refractivity contribution in [2.45, 2.75) is 18.4 Å². The molecular weight excluding hydrogens is 272 g/mol. The Morgan fingerprint density at radius 3 is 2.78 bits per heavy atom. The molecule has 0 N–H and O–H groups in total. The molecule has 0 aliphatic carbocycles. The fraction of sp³-hybridized carbons (Fsp3) is 0.455. The predicted molar refractivity (Wildman–Crippen MR) is 70.1 cm³/mol. The highest BCUT2D eigenvalue weighted by molar-refractivity contribution is 7.90. The van der Waals surface area contributed by atoms with Crippen molar-refractivity contribution < 1.29 is 13.2 Å². The van der Waals surface area contributed by atoms with Crippen molar-refractivity contribution >= 4 is 28.6 Å². The van der Waals surface area contributed by atoms with Gasteiger partial charge in [-0.3, -0.25) is 4.79 Å². The summed E-state index contributed by atoms with van der Waals surface area (Å²) in [7, 11) is -3.77. The number of amides is 1. The van der Waals surface area contributed by atoms with Crippen LogP contribution in [-0.2, 0) is 10.0 Å². The van der Waals surface area contributed by atoms with E-state index < -0.39 is 15.9 Å². The van der Waals surface area contributed by atoms with Crippen LogP contribution in [0, 0.1) is 5.92 Å². The summed E-state index contributed by atoms with van der Waals surface area (Å²) in [4.78, 5) is 15.9. The first-order valence-corrected chi connectivity index (χ1v) is 7.72. The maximum atomic E-state index is 12.2. The molecule has 1 aliphatic rings. The summed E-state index contributed by atoms with van der Waals surface area (Å²) in [5.41, 5.74) is 0.159. The van der Waals surface area contributed by atoms with Crippen LogP contribution in [0.4, 0.5) is 0 Å². The largest absolute Gasteiger partial charge is 0.285 e. The summed E-state index contributed by atoms with van der Waals surface area (Å²) in [5.74, 6) is 0.110. The zero-order valence-corrected chi connectivity index (χ0v) is 11.6. The summed E-state index contributed by atoms with van der Waals surface area (Å²) in [6, 6.07) is 3.05. The van der Waals surface area contributed by atoms with E-state index in [4.69, 9.17) is 0 Å². The van der Waals surface area contributed by atoms with E-state index in [1.54, 1.807) is 6.07 Å². The smallest absolute Gasteiger partial charge is 0.268 e. The van der Waals surface area contributed by atoms with Crippen LogP contribution in [0.5, 0.6) is 0 Å². The fourth-order valence-corrected chi connectivity index (χ4v) is 3.77. The summed E-state index contributed by atoms with van der Waals surface area (Å²) >= 11 is 4.17. The topological polar surface area (TPSA) is 67.3 Å². The van der Waals surface area contributed by atoms with Crippen LogP contribution < -0.4 is 0 Å². The molecule has 1 atom stereocenters. The van der Waals surface area contributed by atoms with Crippen molar-refractivity contribution in [2.24, 2.45) is 5.92 Å². The van der Waals surface area contributed by atoms with Gasteiger partial charge in [-0.1, -0.05) is 13.3 Å². The molecule has 1 aromatic rings. The molecule has 1 aliphatic heterocycles. The van der Waals surface area contributed by atoms with E-state index in [1.807, 2.05) is 6.92 Å². The van der Waals surface area contributed by atoms with Gasteiger partial charge >= 0.3 is 0 Å². The average molecular weight is 286 g/mol. The third-order valence-corrected chi connectivity index (χ3v) is 5.25. The van der Waals surface area contributed by atoms with Gasteiger partial charge in [-0.25, -0.2) is 9.29 Å². The second kappa shape index (κ2) is 4.89. The molecule has 98 valence electrons. The zero-order chi connectivity index (χ0) is 13.3. The molecule has 0 saturated heterocycles. The average Bonchev–Trinajstić information content (AvgIpc) is 2.57. The Morgan fingerprint density at radius 2 is 2.22 bits per heavy atom. The molecule has 1 aromatic heterocycles. The van der Waals surface area contributed by atoms with Crippen LogP contribution in [0.15, 0.2) is 23.4 Å². The normalized spacial score (nSPS) is 18.8. The van der Waals surface area contributed by atoms with Crippen LogP contribution in [0.2, 0.25) is 0 Å². The minimum Gasteiger partial charge on any atom is -0.268 e. The van der Waals surface area contributed by atoms with Gasteiger partial charge in [-0.05, 0) is 23.8 Å². The second-order valence-corrected chi connectivity index (χ2v) is 6.30. The molecule has 18 heavy (non-hydrogen) atoms. The number of thiol groups is 1. The molecule has 5 nitrogen and oxygen atoms in total. The molecule has 0 saturated carbocycles. The van der Waals surface area contributed by atoms with Gasteiger partial charge in [0.15, 0.2) is 5.03 Å². The van der Waals surface area contributed by atoms with Crippen molar-refractivity contribution in [2.75, 3.05) is 12.3 Å². The summed E-state index contributed by atoms with van der Waals surface area (Å²) in [6.45, 7) is 2.11. The SMILES string of the molecule is CCC(CS)CN1C(=O)c2cccnc2S1(=O)=O. The number of nitrogens with zero attached hydrogens (tertiary/aromatic N) is 2. The van der Waals surface area contributed by atoms with Crippen molar-refractivity contribution in [3.8, 4) is 0 Å². The quantitative estimate of drug-likeness (QED) is 0.844. The van der Waals surface area contributed by atoms with E-state index in [0.29, 0.717) is 5.75 Å². The molecule has 0 bridgehead atoms. The van der Waals surface area contributed by atoms with E-state index in [1.165, 1.54) is 12.3 Å². The highest BCUT2D eigenvalue weighted by Gasteiger charge is 2.42. The van der Waals surface area contributed by atoms with E-state index in [-0.39, 0.29) is 23.1 Å². The molecule has 1 unspecified atom stereocenters. The minimum atomic E-state index is -3.77. The van der Waals surface area contributed by atoms with Gasteiger partial charge in [0.1, 0.15) is 0 Å². The number of carbonyl (C=O) groups is 1. The summed E-state index contributed by atoms with van der Waals surface area (Å²) in [5, 5.41) is -0.135. The molecule has 2 heterocycles. The first kappa shape index (κ1) is 13.4. The molecule has 0 radical (unpaired) electrons. The summed E-state index contributed by atoms with van der Waals surface area (Å²) in [6.07, 6.45) is 2.15. The van der Waals surface area contributed by atoms with Crippen molar-refractivity contribution in [1.82, 2.24) is 9.29 Å². The monoisotopic (exact) mass is 286 g/mol. The predicted octanol–water partition coefficient (Wildman–Crippen LogP) is 1.18. The number of rotatable bonds is 4. The Morgan fingerprint density at radius 1 is 1.50 bits per heavy atom. The van der Waals surface area contributed by atoms with Gasteiger partial charge in [-0.2, -0.15) is 21.0 Å². The lowest BCUT2D eigenvalue weighted by atomic mass is 10.1. The van der Waals surface area contributed by atoms with E-state index in [0.717, 1.165) is 10.7 Å². The maximum absolute atomic E-state index is 12.2. The number of hydrogen-bond acceptors (Lipinski definition) is 5. The Balaban J connectivity index is 2.39. The minimum absolute atomic E-state index is 0.0568. The number of hydrogen-bond donors (Lipinski definition) is 1. The molecular formula is C11H14N2O3S2. The van der Waals surface area contributed by atoms with Crippen LogP contribution in [-0.4, -0.2) is 35.9 Å². The number of pyridine rings is 1. The Bertz CT molecular complexity index is 567. The maximum Gasteiger partial charge on any atom is 0.285 e. The van der Waals surface area contributed by atoms with E-state index in [9.17, 15) is 13.2 Å². The Hall–Kier alpha value is -1.08. The van der Waals surface area contributed by atoms with Crippen molar-refractivity contribution in [3.63, 3.8) is 0 Å². The molecule has 7 heteroatoms. The lowest BCUT2D eigenvalue weighted by Crippen LogP contribution is -2.35. The number of sulfonamides is 1. The van der Waals surface area contributed by atoms with Gasteiger partial charge in [0, 0.05) is 12.7 Å². The fourth-order valence-electron chi connectivity index (χ4n) is 1.84. The number of aromatic nitrogens is 1. The van der Waals surface area contributed by atoms with E-state index in [2.05, 4.69) is 17.6 Å². The third kappa shape index (κ3) is 2.01. The van der Waals surface area contributed by atoms with Crippen molar-refractivity contribution in [1.29, 1.82) is 0 Å². The van der Waals surface area contributed by atoms with Crippen LogP contribution in [0.25, 0.3) is 0 Å². The van der Waals surface area contributed by atoms with Crippen LogP contribution in [0.3, 0.4) is 0 Å². The van der Waals surface area contributed by atoms with Gasteiger partial charge in [0.05, 0.1) is 5.56 Å². The Labute approximate surface area is 112 Å². The summed E-state index contributed by atoms with van der Waals surface area (Å²) < 4.78 is 25.3. The number of carbonyl (C=O) groups excluding carboxylic acids is 1. The standard InChI is InChI=1S/C11H14N2O3S2/c1-2-8(7-17)6-13-11(14)9-4-3-5-12-10(9)18(13,15)16/h3-5,8,17H,2,6-7H2,1H3. The molecule has 2 rings (SSSR count). The Kier molecular flexibility index (Phi) is 3.63. The van der Waals surface area contributed by atoms with Crippen LogP contribution >= 0.6 is 12.6 Å². The first-order valence-electron chi connectivity index (χ1n) is 5.65. The molecule has 1 amide bonds. The molecule has 0 aromatic carbocycles. The highest BCUT2D eigenvalue weighted by atomic mass is 32.2. The van der Waals surface area contributed by atoms with Gasteiger partial charge in [0.25, 0.3) is 15.9 Å². The van der Waals surface area contributed by atoms with Gasteiger partial charge in [0.2, 0.25) is 0 Å². The van der Waals surface area contributed by atoms with E-state index >= 15 is 0 Å². The zero-order valence-electron chi connectivity index (χ0n) is 9.91. The van der Waals surface area contributed by atoms with Gasteiger partial charge in [-0.15, -0.1) is 0 Å². The number of fused-ring (bicyclic) bond motifs is 1. The lowest BCUT2D eigenvalue weighted by Gasteiger charge is -2.20. The highest BCUT2D eigenvalue weighted by Crippen LogP contribution is 2.29. The van der Waals surface area contributed by atoms with Crippen LogP contribution in [0.1, 0.15) is 23.7 Å². The van der Waals surface area contributed by atoms with Gasteiger partial charge < -0.3 is 0 Å². The third-order valence-electron chi connectivity index (χ3n) is 3.02. The molecule has 0 spiro atoms. The molecule has 0 fully saturated rings. The first-order chi connectivity index (χ1) is 8.52. The van der Waals surface area contributed by atoms with Crippen molar-refractivity contribution in [3.05, 3.63) is 23.9 Å².